The number of nitrogens with zero attached hydrogens (tertiary/aromatic N) is 1. The van der Waals surface area contributed by atoms with E-state index in [4.69, 9.17) is 28.2 Å². The average Bonchev–Trinajstić information content (AvgIpc) is 2.90. The number of rotatable bonds is 2. The van der Waals surface area contributed by atoms with Gasteiger partial charge in [0.05, 0.1) is 6.04 Å². The molecule has 1 heterocycles. The normalized spacial score (nSPS) is 22.1. The van der Waals surface area contributed by atoms with Crippen LogP contribution >= 0.6 is 35.0 Å². The van der Waals surface area contributed by atoms with Gasteiger partial charge in [0.25, 0.3) is 0 Å². The molecule has 1 aromatic rings. The molecule has 1 aromatic carbocycles. The van der Waals surface area contributed by atoms with Gasteiger partial charge in [0.2, 0.25) is 0 Å². The van der Waals surface area contributed by atoms with Crippen LogP contribution in [0.2, 0.25) is 10.0 Å². The first-order valence-corrected chi connectivity index (χ1v) is 9.21. The first-order chi connectivity index (χ1) is 10.1. The van der Waals surface area contributed by atoms with E-state index in [9.17, 15) is 0 Å². The van der Waals surface area contributed by atoms with Gasteiger partial charge in [-0.15, -0.1) is 0 Å². The molecule has 1 aliphatic carbocycles. The Morgan fingerprint density at radius 3 is 2.67 bits per heavy atom. The Morgan fingerprint density at radius 1 is 1.29 bits per heavy atom. The van der Waals surface area contributed by atoms with Crippen LogP contribution in [0.4, 0.5) is 0 Å². The third-order valence-corrected chi connectivity index (χ3v) is 6.35. The summed E-state index contributed by atoms with van der Waals surface area (Å²) in [6.45, 7) is 3.08. The van der Waals surface area contributed by atoms with E-state index < -0.39 is 0 Å². The zero-order valence-electron chi connectivity index (χ0n) is 12.2. The summed E-state index contributed by atoms with van der Waals surface area (Å²) in [6, 6.07) is 5.79. The lowest BCUT2D eigenvalue weighted by Crippen LogP contribution is -2.34. The molecule has 0 amide bonds. The average molecular weight is 343 g/mol. The third kappa shape index (κ3) is 3.52. The summed E-state index contributed by atoms with van der Waals surface area (Å²) < 4.78 is 0. The maximum Gasteiger partial charge on any atom is 0.157 e. The molecule has 0 saturated heterocycles. The molecule has 0 bridgehead atoms. The zero-order valence-corrected chi connectivity index (χ0v) is 14.5. The van der Waals surface area contributed by atoms with E-state index in [1.807, 2.05) is 23.9 Å². The minimum Gasteiger partial charge on any atom is -0.358 e. The summed E-state index contributed by atoms with van der Waals surface area (Å²) in [5.74, 6) is 1.19. The monoisotopic (exact) mass is 342 g/mol. The van der Waals surface area contributed by atoms with Gasteiger partial charge in [0, 0.05) is 22.3 Å². The van der Waals surface area contributed by atoms with Crippen molar-refractivity contribution in [1.29, 1.82) is 0 Å². The first kappa shape index (κ1) is 15.5. The fraction of sp³-hybridized carbons (Fsp3) is 0.562. The lowest BCUT2D eigenvalue weighted by atomic mass is 9.89. The van der Waals surface area contributed by atoms with Gasteiger partial charge < -0.3 is 5.32 Å². The molecule has 2 aliphatic rings. The largest absolute Gasteiger partial charge is 0.358 e. The third-order valence-electron chi connectivity index (χ3n) is 4.51. The SMILES string of the molecule is CC(NC1=NCC2(CCCC2)CS1)c1ccc(Cl)cc1Cl. The Hall–Kier alpha value is -0.380. The molecule has 0 aromatic heterocycles. The van der Waals surface area contributed by atoms with Gasteiger partial charge in [-0.1, -0.05) is 53.9 Å². The summed E-state index contributed by atoms with van der Waals surface area (Å²) in [4.78, 5) is 4.78. The maximum atomic E-state index is 6.27. The maximum absolute atomic E-state index is 6.27. The van der Waals surface area contributed by atoms with Gasteiger partial charge in [0.1, 0.15) is 0 Å². The Bertz CT molecular complexity index is 553. The summed E-state index contributed by atoms with van der Waals surface area (Å²) in [5, 5.41) is 5.91. The predicted octanol–water partition coefficient (Wildman–Crippen LogP) is 5.31. The number of benzene rings is 1. The van der Waals surface area contributed by atoms with Gasteiger partial charge in [0.15, 0.2) is 5.17 Å². The van der Waals surface area contributed by atoms with Crippen molar-refractivity contribution in [3.8, 4) is 0 Å². The molecular formula is C16H20Cl2N2S. The molecule has 2 nitrogen and oxygen atoms in total. The van der Waals surface area contributed by atoms with Crippen molar-refractivity contribution in [2.24, 2.45) is 10.4 Å². The topological polar surface area (TPSA) is 24.4 Å². The number of aliphatic imine (C=N–C) groups is 1. The Morgan fingerprint density at radius 2 is 2.05 bits per heavy atom. The fourth-order valence-corrected chi connectivity index (χ4v) is 4.99. The fourth-order valence-electron chi connectivity index (χ4n) is 3.18. The second kappa shape index (κ2) is 6.39. The van der Waals surface area contributed by atoms with Crippen LogP contribution in [0, 0.1) is 5.41 Å². The highest BCUT2D eigenvalue weighted by molar-refractivity contribution is 8.13. The highest BCUT2D eigenvalue weighted by Gasteiger charge is 2.36. The van der Waals surface area contributed by atoms with Crippen LogP contribution in [0.15, 0.2) is 23.2 Å². The Kier molecular flexibility index (Phi) is 4.72. The van der Waals surface area contributed by atoms with E-state index in [0.29, 0.717) is 15.5 Å². The first-order valence-electron chi connectivity index (χ1n) is 7.47. The van der Waals surface area contributed by atoms with Crippen LogP contribution in [-0.4, -0.2) is 17.5 Å². The van der Waals surface area contributed by atoms with E-state index in [2.05, 4.69) is 12.2 Å². The van der Waals surface area contributed by atoms with E-state index in [-0.39, 0.29) is 6.04 Å². The van der Waals surface area contributed by atoms with Crippen LogP contribution < -0.4 is 5.32 Å². The molecule has 3 rings (SSSR count). The molecule has 1 N–H and O–H groups in total. The van der Waals surface area contributed by atoms with Crippen LogP contribution in [-0.2, 0) is 0 Å². The summed E-state index contributed by atoms with van der Waals surface area (Å²) in [7, 11) is 0. The highest BCUT2D eigenvalue weighted by atomic mass is 35.5. The van der Waals surface area contributed by atoms with Crippen LogP contribution in [0.3, 0.4) is 0 Å². The molecule has 1 unspecified atom stereocenters. The molecule has 1 atom stereocenters. The van der Waals surface area contributed by atoms with Crippen molar-refractivity contribution >= 4 is 40.1 Å². The molecule has 1 saturated carbocycles. The number of hydrogen-bond donors (Lipinski definition) is 1. The minimum absolute atomic E-state index is 0.138. The smallest absolute Gasteiger partial charge is 0.157 e. The zero-order chi connectivity index (χ0) is 14.9. The van der Waals surface area contributed by atoms with Crippen molar-refractivity contribution in [3.63, 3.8) is 0 Å². The molecule has 1 spiro atoms. The number of amidine groups is 1. The van der Waals surface area contributed by atoms with Crippen LogP contribution in [0.25, 0.3) is 0 Å². The van der Waals surface area contributed by atoms with Crippen molar-refractivity contribution < 1.29 is 0 Å². The molecule has 1 fully saturated rings. The molecular weight excluding hydrogens is 323 g/mol. The summed E-state index contributed by atoms with van der Waals surface area (Å²) in [5.41, 5.74) is 1.54. The van der Waals surface area contributed by atoms with E-state index in [1.165, 1.54) is 31.4 Å². The summed E-state index contributed by atoms with van der Waals surface area (Å²) in [6.07, 6.45) is 5.43. The number of halogens is 2. The Balaban J connectivity index is 1.65. The van der Waals surface area contributed by atoms with Crippen LogP contribution in [0.5, 0.6) is 0 Å². The predicted molar refractivity (Wildman–Crippen MR) is 93.7 cm³/mol. The van der Waals surface area contributed by atoms with Crippen molar-refractivity contribution in [3.05, 3.63) is 33.8 Å². The second-order valence-electron chi connectivity index (χ2n) is 6.15. The molecule has 0 radical (unpaired) electrons. The van der Waals surface area contributed by atoms with Gasteiger partial charge in [-0.05, 0) is 42.9 Å². The number of thioether (sulfide) groups is 1. The minimum atomic E-state index is 0.138. The molecule has 21 heavy (non-hydrogen) atoms. The number of nitrogens with one attached hydrogen (secondary N) is 1. The van der Waals surface area contributed by atoms with Gasteiger partial charge in [-0.3, -0.25) is 4.99 Å². The van der Waals surface area contributed by atoms with Gasteiger partial charge in [-0.25, -0.2) is 0 Å². The van der Waals surface area contributed by atoms with E-state index in [0.717, 1.165) is 17.3 Å². The lowest BCUT2D eigenvalue weighted by molar-refractivity contribution is 0.358. The van der Waals surface area contributed by atoms with Crippen molar-refractivity contribution in [2.45, 2.75) is 38.6 Å². The van der Waals surface area contributed by atoms with Gasteiger partial charge in [-0.2, -0.15) is 0 Å². The highest BCUT2D eigenvalue weighted by Crippen LogP contribution is 2.43. The molecule has 1 aliphatic heterocycles. The van der Waals surface area contributed by atoms with Crippen molar-refractivity contribution in [1.82, 2.24) is 5.32 Å². The Labute approximate surface area is 140 Å². The second-order valence-corrected chi connectivity index (χ2v) is 7.96. The van der Waals surface area contributed by atoms with Gasteiger partial charge >= 0.3 is 0 Å². The van der Waals surface area contributed by atoms with Crippen molar-refractivity contribution in [2.75, 3.05) is 12.3 Å². The van der Waals surface area contributed by atoms with E-state index >= 15 is 0 Å². The quantitative estimate of drug-likeness (QED) is 0.787. The molecule has 114 valence electrons. The standard InChI is InChI=1S/C16H20Cl2N2S/c1-11(13-5-4-12(17)8-14(13)18)20-15-19-9-16(10-21-15)6-2-3-7-16/h4-5,8,11H,2-3,6-7,9-10H2,1H3,(H,19,20). The van der Waals surface area contributed by atoms with Crippen LogP contribution in [0.1, 0.15) is 44.2 Å². The lowest BCUT2D eigenvalue weighted by Gasteiger charge is -2.32. The molecule has 5 heteroatoms. The number of hydrogen-bond acceptors (Lipinski definition) is 3. The summed E-state index contributed by atoms with van der Waals surface area (Å²) >= 11 is 14.1. The van der Waals surface area contributed by atoms with E-state index in [1.54, 1.807) is 6.07 Å².